The number of para-hydroxylation sites is 1. The third-order valence-corrected chi connectivity index (χ3v) is 8.39. The maximum absolute atomic E-state index is 5.22. The van der Waals surface area contributed by atoms with Crippen molar-refractivity contribution in [3.8, 4) is 5.69 Å². The number of aromatic nitrogens is 4. The fraction of sp³-hybridized carbons (Fsp3) is 0.303. The molecule has 0 amide bonds. The van der Waals surface area contributed by atoms with Crippen LogP contribution in [0.3, 0.4) is 0 Å². The minimum atomic E-state index is 0.228. The van der Waals surface area contributed by atoms with Crippen molar-refractivity contribution in [3.63, 3.8) is 0 Å². The molecule has 2 aromatic heterocycles. The van der Waals surface area contributed by atoms with Crippen LogP contribution in [0.5, 0.6) is 0 Å². The van der Waals surface area contributed by atoms with Crippen molar-refractivity contribution in [2.45, 2.75) is 6.04 Å². The average molecular weight is 545 g/mol. The van der Waals surface area contributed by atoms with Crippen molar-refractivity contribution in [2.75, 3.05) is 69.2 Å². The smallest absolute Gasteiger partial charge is 0.229 e. The van der Waals surface area contributed by atoms with Crippen LogP contribution < -0.4 is 9.80 Å². The van der Waals surface area contributed by atoms with Gasteiger partial charge in [0, 0.05) is 52.4 Å². The lowest BCUT2D eigenvalue weighted by Crippen LogP contribution is -2.48. The molecule has 8 heteroatoms. The molecular formula is C33H36N8. The van der Waals surface area contributed by atoms with Crippen molar-refractivity contribution in [3.05, 3.63) is 108 Å². The molecule has 0 saturated carbocycles. The number of hydrogen-bond acceptors (Lipinski definition) is 7. The third kappa shape index (κ3) is 5.16. The molecule has 208 valence electrons. The molecule has 8 nitrogen and oxygen atoms in total. The number of rotatable bonds is 6. The summed E-state index contributed by atoms with van der Waals surface area (Å²) in [6.07, 6.45) is 1.94. The molecular weight excluding hydrogens is 508 g/mol. The Morgan fingerprint density at radius 3 is 1.78 bits per heavy atom. The highest BCUT2D eigenvalue weighted by molar-refractivity contribution is 5.89. The summed E-state index contributed by atoms with van der Waals surface area (Å²) < 4.78 is 1.96. The van der Waals surface area contributed by atoms with E-state index in [-0.39, 0.29) is 6.04 Å². The monoisotopic (exact) mass is 544 g/mol. The van der Waals surface area contributed by atoms with E-state index < -0.39 is 0 Å². The van der Waals surface area contributed by atoms with Crippen molar-refractivity contribution in [2.24, 2.45) is 0 Å². The topological polar surface area (TPSA) is 56.6 Å². The second kappa shape index (κ2) is 11.3. The number of benzene rings is 3. The Labute approximate surface area is 241 Å². The number of anilines is 2. The molecule has 0 spiro atoms. The first-order valence-electron chi connectivity index (χ1n) is 14.6. The number of fused-ring (bicyclic) bond motifs is 1. The first-order valence-corrected chi connectivity index (χ1v) is 14.6. The summed E-state index contributed by atoms with van der Waals surface area (Å²) in [5.74, 6) is 1.79. The molecule has 41 heavy (non-hydrogen) atoms. The average Bonchev–Trinajstić information content (AvgIpc) is 3.47. The third-order valence-electron chi connectivity index (χ3n) is 8.39. The summed E-state index contributed by atoms with van der Waals surface area (Å²) in [7, 11) is 2.18. The van der Waals surface area contributed by atoms with E-state index in [1.807, 2.05) is 29.1 Å². The van der Waals surface area contributed by atoms with E-state index in [0.29, 0.717) is 0 Å². The summed E-state index contributed by atoms with van der Waals surface area (Å²) in [6.45, 7) is 7.52. The molecule has 0 unspecified atom stereocenters. The number of hydrogen-bond donors (Lipinski definition) is 0. The first-order chi connectivity index (χ1) is 20.2. The largest absolute Gasteiger partial charge is 0.353 e. The molecule has 0 N–H and O–H groups in total. The summed E-state index contributed by atoms with van der Waals surface area (Å²) in [4.78, 5) is 20.0. The van der Waals surface area contributed by atoms with Crippen LogP contribution in [0, 0.1) is 0 Å². The van der Waals surface area contributed by atoms with Crippen LogP contribution in [-0.2, 0) is 0 Å². The van der Waals surface area contributed by atoms with E-state index in [9.17, 15) is 0 Å². The van der Waals surface area contributed by atoms with E-state index in [0.717, 1.165) is 80.8 Å². The number of nitrogens with zero attached hydrogens (tertiary/aromatic N) is 8. The second-order valence-corrected chi connectivity index (χ2v) is 11.0. The van der Waals surface area contributed by atoms with E-state index in [1.54, 1.807) is 0 Å². The van der Waals surface area contributed by atoms with Crippen LogP contribution in [0.25, 0.3) is 16.7 Å². The van der Waals surface area contributed by atoms with Gasteiger partial charge in [-0.15, -0.1) is 0 Å². The van der Waals surface area contributed by atoms with Gasteiger partial charge >= 0.3 is 0 Å². The zero-order valence-electron chi connectivity index (χ0n) is 23.5. The van der Waals surface area contributed by atoms with Crippen molar-refractivity contribution in [1.29, 1.82) is 0 Å². The minimum Gasteiger partial charge on any atom is -0.353 e. The Kier molecular flexibility index (Phi) is 7.08. The van der Waals surface area contributed by atoms with Gasteiger partial charge in [-0.05, 0) is 30.3 Å². The Hall–Kier alpha value is -4.27. The predicted molar refractivity (Wildman–Crippen MR) is 165 cm³/mol. The zero-order chi connectivity index (χ0) is 27.6. The Bertz CT molecular complexity index is 1530. The highest BCUT2D eigenvalue weighted by atomic mass is 15.4. The Balaban J connectivity index is 1.22. The highest BCUT2D eigenvalue weighted by Crippen LogP contribution is 2.33. The molecule has 3 aromatic carbocycles. The standard InChI is InChI=1S/C33H36N8/c1-37-17-19-40(20-18-37)33-35-31(29-25-34-41(32(29)36-33)28-15-9-4-10-16-28)39-23-21-38(22-24-39)30(26-11-5-2-6-12-26)27-13-7-3-8-14-27/h2-16,25,30H,17-24H2,1H3. The highest BCUT2D eigenvalue weighted by Gasteiger charge is 2.29. The van der Waals surface area contributed by atoms with Gasteiger partial charge < -0.3 is 14.7 Å². The van der Waals surface area contributed by atoms with Crippen molar-refractivity contribution >= 4 is 22.8 Å². The molecule has 0 bridgehead atoms. The Morgan fingerprint density at radius 2 is 1.17 bits per heavy atom. The quantitative estimate of drug-likeness (QED) is 0.313. The maximum atomic E-state index is 5.22. The molecule has 7 rings (SSSR count). The molecule has 5 aromatic rings. The summed E-state index contributed by atoms with van der Waals surface area (Å²) >= 11 is 0. The summed E-state index contributed by atoms with van der Waals surface area (Å²) in [6, 6.07) is 32.3. The second-order valence-electron chi connectivity index (χ2n) is 11.0. The molecule has 2 fully saturated rings. The van der Waals surface area contributed by atoms with Gasteiger partial charge in [0.15, 0.2) is 5.65 Å². The van der Waals surface area contributed by atoms with Crippen molar-refractivity contribution in [1.82, 2.24) is 29.5 Å². The van der Waals surface area contributed by atoms with Gasteiger partial charge in [0.25, 0.3) is 0 Å². The lowest BCUT2D eigenvalue weighted by atomic mass is 9.96. The van der Waals surface area contributed by atoms with Gasteiger partial charge in [0.2, 0.25) is 5.95 Å². The molecule has 2 aliphatic heterocycles. The zero-order valence-corrected chi connectivity index (χ0v) is 23.5. The SMILES string of the molecule is CN1CCN(c2nc(N3CCN(C(c4ccccc4)c4ccccc4)CC3)c3cnn(-c4ccccc4)c3n2)CC1. The van der Waals surface area contributed by atoms with Crippen LogP contribution in [0.2, 0.25) is 0 Å². The minimum absolute atomic E-state index is 0.228. The molecule has 4 heterocycles. The fourth-order valence-electron chi connectivity index (χ4n) is 6.11. The van der Waals surface area contributed by atoms with Gasteiger partial charge in [0.1, 0.15) is 5.82 Å². The van der Waals surface area contributed by atoms with E-state index in [2.05, 4.69) is 99.4 Å². The fourth-order valence-corrected chi connectivity index (χ4v) is 6.11. The van der Waals surface area contributed by atoms with Crippen LogP contribution >= 0.6 is 0 Å². The van der Waals surface area contributed by atoms with Crippen LogP contribution in [0.4, 0.5) is 11.8 Å². The Morgan fingerprint density at radius 1 is 0.610 bits per heavy atom. The van der Waals surface area contributed by atoms with Crippen LogP contribution in [-0.4, -0.2) is 89.0 Å². The normalized spacial score (nSPS) is 17.0. The van der Waals surface area contributed by atoms with Crippen molar-refractivity contribution < 1.29 is 0 Å². The van der Waals surface area contributed by atoms with Gasteiger partial charge in [-0.2, -0.15) is 15.1 Å². The van der Waals surface area contributed by atoms with Gasteiger partial charge in [-0.25, -0.2) is 4.68 Å². The van der Waals surface area contributed by atoms with Gasteiger partial charge in [0.05, 0.1) is 23.3 Å². The van der Waals surface area contributed by atoms with E-state index in [4.69, 9.17) is 15.1 Å². The molecule has 2 aliphatic rings. The summed E-state index contributed by atoms with van der Waals surface area (Å²) in [5.41, 5.74) is 4.54. The van der Waals surface area contributed by atoms with E-state index in [1.165, 1.54) is 11.1 Å². The molecule has 0 radical (unpaired) electrons. The lowest BCUT2D eigenvalue weighted by Gasteiger charge is -2.40. The molecule has 0 aliphatic carbocycles. The number of likely N-dealkylation sites (N-methyl/N-ethyl adjacent to an activating group) is 1. The first kappa shape index (κ1) is 25.7. The van der Waals surface area contributed by atoms with Crippen LogP contribution in [0.15, 0.2) is 97.2 Å². The van der Waals surface area contributed by atoms with Crippen LogP contribution in [0.1, 0.15) is 17.2 Å². The molecule has 2 saturated heterocycles. The maximum Gasteiger partial charge on any atom is 0.229 e. The van der Waals surface area contributed by atoms with Gasteiger partial charge in [-0.1, -0.05) is 78.9 Å². The summed E-state index contributed by atoms with van der Waals surface area (Å²) in [5, 5.41) is 5.79. The number of piperazine rings is 2. The van der Waals surface area contributed by atoms with E-state index >= 15 is 0 Å². The lowest BCUT2D eigenvalue weighted by molar-refractivity contribution is 0.212. The predicted octanol–water partition coefficient (Wildman–Crippen LogP) is 4.48. The van der Waals surface area contributed by atoms with Gasteiger partial charge in [-0.3, -0.25) is 4.90 Å². The molecule has 0 atom stereocenters.